The molecule has 1 aromatic carbocycles. The van der Waals surface area contributed by atoms with Crippen molar-refractivity contribution in [3.63, 3.8) is 0 Å². The Hall–Kier alpha value is -3.43. The van der Waals surface area contributed by atoms with Gasteiger partial charge in [-0.15, -0.1) is 0 Å². The number of fused-ring (bicyclic) bond motifs is 1. The quantitative estimate of drug-likeness (QED) is 0.522. The van der Waals surface area contributed by atoms with Gasteiger partial charge in [0.1, 0.15) is 24.2 Å². The van der Waals surface area contributed by atoms with Crippen molar-refractivity contribution >= 4 is 46.6 Å². The maximum absolute atomic E-state index is 14.3. The van der Waals surface area contributed by atoms with Crippen molar-refractivity contribution in [2.75, 3.05) is 17.4 Å². The number of carbonyl (C=O) groups excluding carboxylic acids is 1. The number of nitrogens with one attached hydrogen (secondary N) is 2. The topological polar surface area (TPSA) is 94.8 Å². The van der Waals surface area contributed by atoms with Gasteiger partial charge in [-0.25, -0.2) is 9.37 Å². The number of aliphatic hydroxyl groups is 1. The molecule has 0 unspecified atom stereocenters. The minimum absolute atomic E-state index is 0.135. The number of hydrogen-bond donors (Lipinski definition) is 3. The van der Waals surface area contributed by atoms with E-state index < -0.39 is 12.5 Å². The highest BCUT2D eigenvalue weighted by Gasteiger charge is 2.28. The third-order valence-electron chi connectivity index (χ3n) is 5.43. The standard InChI is InChI=1S/C22H20ClFN6O2/c1-12-13(7-21(32)29(12)11-31)6-14-10-25-30-20(26-16-3-4-16)9-19(28-22(14)30)27-18-8-15(23)2-5-17(18)24/h2,5-6,8-10,16,26,31H,1,3-4,7,11H2,(H,27,28)/b13-6+. The van der Waals surface area contributed by atoms with E-state index in [1.54, 1.807) is 22.9 Å². The number of nitrogens with zero attached hydrogens (tertiary/aromatic N) is 4. The summed E-state index contributed by atoms with van der Waals surface area (Å²) in [7, 11) is 0. The van der Waals surface area contributed by atoms with Crippen molar-refractivity contribution in [2.24, 2.45) is 0 Å². The summed E-state index contributed by atoms with van der Waals surface area (Å²) in [4.78, 5) is 17.9. The van der Waals surface area contributed by atoms with E-state index in [9.17, 15) is 14.3 Å². The minimum atomic E-state index is -0.450. The van der Waals surface area contributed by atoms with E-state index in [1.807, 2.05) is 0 Å². The molecule has 1 amide bonds. The van der Waals surface area contributed by atoms with Gasteiger partial charge in [0.05, 0.1) is 18.3 Å². The van der Waals surface area contributed by atoms with Gasteiger partial charge in [0.25, 0.3) is 0 Å². The van der Waals surface area contributed by atoms with Gasteiger partial charge in [-0.3, -0.25) is 9.69 Å². The molecule has 1 saturated heterocycles. The first-order chi connectivity index (χ1) is 15.4. The third-order valence-corrected chi connectivity index (χ3v) is 5.67. The Morgan fingerprint density at radius 2 is 2.16 bits per heavy atom. The average Bonchev–Trinajstić information content (AvgIpc) is 3.42. The number of likely N-dealkylation sites (tertiary alicyclic amines) is 1. The zero-order valence-electron chi connectivity index (χ0n) is 17.0. The first-order valence-electron chi connectivity index (χ1n) is 10.1. The lowest BCUT2D eigenvalue weighted by molar-refractivity contribution is -0.129. The van der Waals surface area contributed by atoms with Crippen LogP contribution in [0.15, 0.2) is 48.3 Å². The van der Waals surface area contributed by atoms with Gasteiger partial charge in [-0.2, -0.15) is 9.61 Å². The number of allylic oxidation sites excluding steroid dienone is 1. The van der Waals surface area contributed by atoms with Crippen molar-refractivity contribution in [3.8, 4) is 0 Å². The number of aromatic nitrogens is 3. The summed E-state index contributed by atoms with van der Waals surface area (Å²) in [6.45, 7) is 3.49. The molecule has 0 atom stereocenters. The Morgan fingerprint density at radius 1 is 1.34 bits per heavy atom. The number of amides is 1. The summed E-state index contributed by atoms with van der Waals surface area (Å²) < 4.78 is 15.9. The summed E-state index contributed by atoms with van der Waals surface area (Å²) in [6.07, 6.45) is 5.70. The fourth-order valence-electron chi connectivity index (χ4n) is 3.59. The fraction of sp³-hybridized carbons (Fsp3) is 0.227. The Bertz CT molecular complexity index is 1280. The van der Waals surface area contributed by atoms with Gasteiger partial charge >= 0.3 is 0 Å². The Kier molecular flexibility index (Phi) is 5.07. The first kappa shape index (κ1) is 20.5. The van der Waals surface area contributed by atoms with Gasteiger partial charge in [-0.05, 0) is 42.7 Å². The van der Waals surface area contributed by atoms with Crippen LogP contribution in [0.1, 0.15) is 24.8 Å². The van der Waals surface area contributed by atoms with E-state index in [2.05, 4.69) is 27.3 Å². The average molecular weight is 455 g/mol. The lowest BCUT2D eigenvalue weighted by atomic mass is 10.1. The first-order valence-corrected chi connectivity index (χ1v) is 10.5. The van der Waals surface area contributed by atoms with E-state index in [0.29, 0.717) is 45.2 Å². The van der Waals surface area contributed by atoms with Crippen LogP contribution in [0.25, 0.3) is 11.7 Å². The summed E-state index contributed by atoms with van der Waals surface area (Å²) >= 11 is 6.02. The van der Waals surface area contributed by atoms with Crippen LogP contribution in [0.4, 0.5) is 21.7 Å². The van der Waals surface area contributed by atoms with Gasteiger partial charge in [0.2, 0.25) is 5.91 Å². The number of halogens is 2. The van der Waals surface area contributed by atoms with E-state index in [1.165, 1.54) is 23.1 Å². The molecular formula is C22H20ClFN6O2. The molecule has 1 saturated carbocycles. The number of benzene rings is 1. The number of aliphatic hydroxyl groups excluding tert-OH is 1. The SMILES string of the molecule is C=C1/C(=C/c2cnn3c(NC4CC4)cc(Nc4cc(Cl)ccc4F)nc23)CC(=O)N1CO. The second kappa shape index (κ2) is 7.92. The number of hydrogen-bond acceptors (Lipinski definition) is 6. The van der Waals surface area contributed by atoms with Crippen LogP contribution in [-0.2, 0) is 4.79 Å². The highest BCUT2D eigenvalue weighted by molar-refractivity contribution is 6.30. The van der Waals surface area contributed by atoms with E-state index in [-0.39, 0.29) is 18.0 Å². The zero-order chi connectivity index (χ0) is 22.4. The molecule has 8 nitrogen and oxygen atoms in total. The predicted octanol–water partition coefficient (Wildman–Crippen LogP) is 3.92. The molecule has 2 fully saturated rings. The molecular weight excluding hydrogens is 435 g/mol. The van der Waals surface area contributed by atoms with Crippen LogP contribution in [0.5, 0.6) is 0 Å². The molecule has 0 bridgehead atoms. The highest BCUT2D eigenvalue weighted by Crippen LogP contribution is 2.32. The third kappa shape index (κ3) is 3.80. The smallest absolute Gasteiger partial charge is 0.233 e. The zero-order valence-corrected chi connectivity index (χ0v) is 17.7. The molecule has 3 aromatic rings. The van der Waals surface area contributed by atoms with Crippen molar-refractivity contribution < 1.29 is 14.3 Å². The minimum Gasteiger partial charge on any atom is -0.376 e. The summed E-state index contributed by atoms with van der Waals surface area (Å²) in [5, 5.41) is 20.7. The summed E-state index contributed by atoms with van der Waals surface area (Å²) in [5.74, 6) is 0.460. The van der Waals surface area contributed by atoms with Crippen LogP contribution in [0, 0.1) is 5.82 Å². The predicted molar refractivity (Wildman–Crippen MR) is 120 cm³/mol. The molecule has 32 heavy (non-hydrogen) atoms. The fourth-order valence-corrected chi connectivity index (χ4v) is 3.76. The lowest BCUT2D eigenvalue weighted by Gasteiger charge is -2.13. The van der Waals surface area contributed by atoms with Crippen LogP contribution in [0.2, 0.25) is 5.02 Å². The number of rotatable bonds is 6. The monoisotopic (exact) mass is 454 g/mol. The van der Waals surface area contributed by atoms with E-state index in [4.69, 9.17) is 11.6 Å². The van der Waals surface area contributed by atoms with Crippen molar-refractivity contribution in [2.45, 2.75) is 25.3 Å². The molecule has 2 aliphatic rings. The van der Waals surface area contributed by atoms with Crippen LogP contribution in [-0.4, -0.2) is 43.3 Å². The maximum Gasteiger partial charge on any atom is 0.233 e. The normalized spacial score (nSPS) is 17.6. The molecule has 1 aliphatic carbocycles. The molecule has 0 spiro atoms. The molecule has 1 aliphatic heterocycles. The van der Waals surface area contributed by atoms with E-state index >= 15 is 0 Å². The number of carbonyl (C=O) groups is 1. The second-order valence-electron chi connectivity index (χ2n) is 7.79. The molecule has 5 rings (SSSR count). The molecule has 3 heterocycles. The van der Waals surface area contributed by atoms with Crippen LogP contribution >= 0.6 is 11.6 Å². The Morgan fingerprint density at radius 3 is 2.88 bits per heavy atom. The largest absolute Gasteiger partial charge is 0.376 e. The van der Waals surface area contributed by atoms with Gasteiger partial charge < -0.3 is 15.7 Å². The molecule has 10 heteroatoms. The van der Waals surface area contributed by atoms with E-state index in [0.717, 1.165) is 12.8 Å². The Labute approximate surface area is 188 Å². The van der Waals surface area contributed by atoms with Crippen molar-refractivity contribution in [1.29, 1.82) is 0 Å². The summed E-state index contributed by atoms with van der Waals surface area (Å²) in [5.41, 5.74) is 2.53. The van der Waals surface area contributed by atoms with Gasteiger partial charge in [0, 0.05) is 28.4 Å². The van der Waals surface area contributed by atoms with Gasteiger partial charge in [-0.1, -0.05) is 18.2 Å². The van der Waals surface area contributed by atoms with Crippen molar-refractivity contribution in [3.05, 3.63) is 64.7 Å². The lowest BCUT2D eigenvalue weighted by Crippen LogP contribution is -2.23. The van der Waals surface area contributed by atoms with Crippen LogP contribution < -0.4 is 10.6 Å². The molecule has 164 valence electrons. The highest BCUT2D eigenvalue weighted by atomic mass is 35.5. The number of anilines is 3. The van der Waals surface area contributed by atoms with Crippen LogP contribution in [0.3, 0.4) is 0 Å². The molecule has 2 aromatic heterocycles. The molecule has 0 radical (unpaired) electrons. The second-order valence-corrected chi connectivity index (χ2v) is 8.22. The maximum atomic E-state index is 14.3. The molecule has 3 N–H and O–H groups in total. The van der Waals surface area contributed by atoms with Crippen molar-refractivity contribution in [1.82, 2.24) is 19.5 Å². The Balaban J connectivity index is 1.57. The van der Waals surface area contributed by atoms with Gasteiger partial charge in [0.15, 0.2) is 5.65 Å². The summed E-state index contributed by atoms with van der Waals surface area (Å²) in [6, 6.07) is 6.38.